The lowest BCUT2D eigenvalue weighted by atomic mass is 10.1. The van der Waals surface area contributed by atoms with Crippen LogP contribution in [0.2, 0.25) is 0 Å². The zero-order valence-corrected chi connectivity index (χ0v) is 6.74. The van der Waals surface area contributed by atoms with Crippen molar-refractivity contribution >= 4 is 5.91 Å². The Morgan fingerprint density at radius 2 is 2.09 bits per heavy atom. The summed E-state index contributed by atoms with van der Waals surface area (Å²) in [5, 5.41) is 2.93. The van der Waals surface area contributed by atoms with Crippen molar-refractivity contribution in [2.75, 3.05) is 0 Å². The zero-order valence-electron chi connectivity index (χ0n) is 6.74. The maximum atomic E-state index is 10.7. The lowest BCUT2D eigenvalue weighted by molar-refractivity contribution is -0.113. The third-order valence-corrected chi connectivity index (χ3v) is 1.38. The SMILES string of the molecule is CCC(=CC(=O)N=[N+]=[N-])CC. The summed E-state index contributed by atoms with van der Waals surface area (Å²) in [5.74, 6) is -0.508. The molecule has 1 amide bonds. The van der Waals surface area contributed by atoms with E-state index in [0.717, 1.165) is 18.4 Å². The molecule has 0 rings (SSSR count). The van der Waals surface area contributed by atoms with Crippen LogP contribution in [0.5, 0.6) is 0 Å². The van der Waals surface area contributed by atoms with Gasteiger partial charge in [0.1, 0.15) is 0 Å². The topological polar surface area (TPSA) is 65.8 Å². The van der Waals surface area contributed by atoms with Crippen molar-refractivity contribution in [3.8, 4) is 0 Å². The van der Waals surface area contributed by atoms with E-state index in [1.165, 1.54) is 6.08 Å². The minimum Gasteiger partial charge on any atom is -0.288 e. The number of hydrogen-bond acceptors (Lipinski definition) is 1. The van der Waals surface area contributed by atoms with Gasteiger partial charge in [-0.1, -0.05) is 19.4 Å². The van der Waals surface area contributed by atoms with E-state index >= 15 is 0 Å². The molecule has 0 bridgehead atoms. The van der Waals surface area contributed by atoms with Gasteiger partial charge in [-0.25, -0.2) is 0 Å². The van der Waals surface area contributed by atoms with E-state index in [9.17, 15) is 4.79 Å². The van der Waals surface area contributed by atoms with Crippen LogP contribution in [0.15, 0.2) is 16.8 Å². The second kappa shape index (κ2) is 5.50. The Labute approximate surface area is 65.5 Å². The van der Waals surface area contributed by atoms with Crippen molar-refractivity contribution < 1.29 is 4.79 Å². The number of azide groups is 1. The predicted octanol–water partition coefficient (Wildman–Crippen LogP) is 2.57. The Hall–Kier alpha value is -1.28. The highest BCUT2D eigenvalue weighted by Gasteiger charge is 1.94. The third-order valence-electron chi connectivity index (χ3n) is 1.38. The van der Waals surface area contributed by atoms with Crippen LogP contribution >= 0.6 is 0 Å². The average molecular weight is 153 g/mol. The van der Waals surface area contributed by atoms with E-state index in [1.807, 2.05) is 13.8 Å². The van der Waals surface area contributed by atoms with Gasteiger partial charge in [0.2, 0.25) is 5.91 Å². The van der Waals surface area contributed by atoms with Crippen LogP contribution in [0.4, 0.5) is 0 Å². The molecule has 0 aromatic heterocycles. The minimum atomic E-state index is -0.508. The molecule has 0 N–H and O–H groups in total. The molecule has 4 nitrogen and oxygen atoms in total. The normalized spacial score (nSPS) is 8.18. The summed E-state index contributed by atoms with van der Waals surface area (Å²) < 4.78 is 0. The minimum absolute atomic E-state index is 0.508. The summed E-state index contributed by atoms with van der Waals surface area (Å²) in [6, 6.07) is 0. The maximum absolute atomic E-state index is 10.7. The van der Waals surface area contributed by atoms with Crippen LogP contribution < -0.4 is 0 Å². The molecule has 0 aromatic rings. The molecule has 60 valence electrons. The number of carbonyl (C=O) groups is 1. The van der Waals surface area contributed by atoms with Crippen LogP contribution in [0.25, 0.3) is 10.4 Å². The van der Waals surface area contributed by atoms with E-state index in [2.05, 4.69) is 10.0 Å². The second-order valence-electron chi connectivity index (χ2n) is 2.04. The molecular formula is C7H11N3O. The van der Waals surface area contributed by atoms with Crippen molar-refractivity contribution in [2.24, 2.45) is 5.11 Å². The van der Waals surface area contributed by atoms with Gasteiger partial charge in [-0.05, 0) is 29.6 Å². The van der Waals surface area contributed by atoms with Crippen LogP contribution in [-0.4, -0.2) is 5.91 Å². The van der Waals surface area contributed by atoms with Crippen LogP contribution in [0, 0.1) is 0 Å². The number of rotatable bonds is 3. The van der Waals surface area contributed by atoms with Crippen LogP contribution in [0.1, 0.15) is 26.7 Å². The van der Waals surface area contributed by atoms with Gasteiger partial charge in [0.05, 0.1) is 0 Å². The lowest BCUT2D eigenvalue weighted by Gasteiger charge is -1.95. The molecule has 0 radical (unpaired) electrons. The molecule has 0 aliphatic carbocycles. The van der Waals surface area contributed by atoms with E-state index in [-0.39, 0.29) is 0 Å². The quantitative estimate of drug-likeness (QED) is 0.266. The molecule has 11 heavy (non-hydrogen) atoms. The summed E-state index contributed by atoms with van der Waals surface area (Å²) in [6.07, 6.45) is 3.03. The van der Waals surface area contributed by atoms with Crippen molar-refractivity contribution in [3.05, 3.63) is 22.1 Å². The zero-order chi connectivity index (χ0) is 8.69. The number of carbonyl (C=O) groups excluding carboxylic acids is 1. The Morgan fingerprint density at radius 1 is 1.55 bits per heavy atom. The average Bonchev–Trinajstić information content (AvgIpc) is 2.01. The van der Waals surface area contributed by atoms with E-state index in [0.29, 0.717) is 0 Å². The first-order valence-electron chi connectivity index (χ1n) is 3.53. The first-order valence-corrected chi connectivity index (χ1v) is 3.53. The molecule has 0 heterocycles. The Balaban J connectivity index is 4.26. The number of hydrogen-bond donors (Lipinski definition) is 0. The molecule has 0 spiro atoms. The largest absolute Gasteiger partial charge is 0.288 e. The fourth-order valence-corrected chi connectivity index (χ4v) is 0.702. The highest BCUT2D eigenvalue weighted by molar-refractivity contribution is 5.88. The third kappa shape index (κ3) is 4.17. The number of allylic oxidation sites excluding steroid dienone is 1. The monoisotopic (exact) mass is 153 g/mol. The van der Waals surface area contributed by atoms with Crippen molar-refractivity contribution in [1.29, 1.82) is 0 Å². The van der Waals surface area contributed by atoms with E-state index < -0.39 is 5.91 Å². The van der Waals surface area contributed by atoms with Gasteiger partial charge in [-0.15, -0.1) is 0 Å². The van der Waals surface area contributed by atoms with Gasteiger partial charge in [-0.3, -0.25) is 4.79 Å². The molecule has 0 saturated carbocycles. The Morgan fingerprint density at radius 3 is 2.45 bits per heavy atom. The fourth-order valence-electron chi connectivity index (χ4n) is 0.702. The van der Waals surface area contributed by atoms with Crippen molar-refractivity contribution in [1.82, 2.24) is 0 Å². The number of nitrogens with zero attached hydrogens (tertiary/aromatic N) is 3. The van der Waals surface area contributed by atoms with Gasteiger partial charge in [-0.2, -0.15) is 0 Å². The highest BCUT2D eigenvalue weighted by Crippen LogP contribution is 2.04. The molecule has 0 aromatic carbocycles. The second-order valence-corrected chi connectivity index (χ2v) is 2.04. The molecule has 0 aliphatic rings. The van der Waals surface area contributed by atoms with Gasteiger partial charge in [0.25, 0.3) is 0 Å². The Kier molecular flexibility index (Phi) is 4.86. The molecule has 0 atom stereocenters. The van der Waals surface area contributed by atoms with Crippen LogP contribution in [0.3, 0.4) is 0 Å². The molecular weight excluding hydrogens is 142 g/mol. The predicted molar refractivity (Wildman–Crippen MR) is 42.8 cm³/mol. The maximum Gasteiger partial charge on any atom is 0.241 e. The van der Waals surface area contributed by atoms with Gasteiger partial charge in [0, 0.05) is 4.91 Å². The molecule has 0 unspecified atom stereocenters. The summed E-state index contributed by atoms with van der Waals surface area (Å²) >= 11 is 0. The molecule has 0 saturated heterocycles. The highest BCUT2D eigenvalue weighted by atomic mass is 16.1. The fraction of sp³-hybridized carbons (Fsp3) is 0.571. The summed E-state index contributed by atoms with van der Waals surface area (Å²) in [4.78, 5) is 13.1. The molecule has 0 fully saturated rings. The van der Waals surface area contributed by atoms with Crippen molar-refractivity contribution in [2.45, 2.75) is 26.7 Å². The molecule has 0 aliphatic heterocycles. The first-order chi connectivity index (χ1) is 5.24. The number of amides is 1. The standard InChI is InChI=1S/C7H11N3O/c1-3-6(4-2)5-7(11)9-10-8/h5H,3-4H2,1-2H3. The van der Waals surface area contributed by atoms with Gasteiger partial charge >= 0.3 is 0 Å². The smallest absolute Gasteiger partial charge is 0.241 e. The van der Waals surface area contributed by atoms with Gasteiger partial charge in [0.15, 0.2) is 0 Å². The molecule has 4 heteroatoms. The van der Waals surface area contributed by atoms with Gasteiger partial charge < -0.3 is 0 Å². The summed E-state index contributed by atoms with van der Waals surface area (Å²) in [6.45, 7) is 3.91. The van der Waals surface area contributed by atoms with Crippen LogP contribution in [-0.2, 0) is 4.79 Å². The van der Waals surface area contributed by atoms with E-state index in [1.54, 1.807) is 0 Å². The van der Waals surface area contributed by atoms with E-state index in [4.69, 9.17) is 5.53 Å². The first kappa shape index (κ1) is 9.72. The Bertz CT molecular complexity index is 208. The van der Waals surface area contributed by atoms with Crippen molar-refractivity contribution in [3.63, 3.8) is 0 Å². The summed E-state index contributed by atoms with van der Waals surface area (Å²) in [5.41, 5.74) is 8.91. The summed E-state index contributed by atoms with van der Waals surface area (Å²) in [7, 11) is 0. The lowest BCUT2D eigenvalue weighted by Crippen LogP contribution is -1.87.